The molecule has 0 aliphatic rings. The molecule has 1 N–H and O–H groups in total. The molecular formula is C20H19BrN4S. The Bertz CT molecular complexity index is 1080. The second-order valence-electron chi connectivity index (χ2n) is 6.05. The van der Waals surface area contributed by atoms with Gasteiger partial charge in [0.1, 0.15) is 5.69 Å². The van der Waals surface area contributed by atoms with Gasteiger partial charge >= 0.3 is 5.13 Å². The largest absolute Gasteiger partial charge is 1.00 e. The van der Waals surface area contributed by atoms with Gasteiger partial charge in [0.25, 0.3) is 0 Å². The minimum absolute atomic E-state index is 0. The molecule has 4 aromatic rings. The van der Waals surface area contributed by atoms with E-state index in [4.69, 9.17) is 0 Å². The lowest BCUT2D eigenvalue weighted by atomic mass is 10.1. The topological polar surface area (TPSA) is 45.4 Å². The summed E-state index contributed by atoms with van der Waals surface area (Å²) in [5, 5.41) is 11.2. The number of benzene rings is 2. The zero-order valence-electron chi connectivity index (χ0n) is 14.8. The highest BCUT2D eigenvalue weighted by Gasteiger charge is 2.18. The molecule has 0 fully saturated rings. The van der Waals surface area contributed by atoms with Gasteiger partial charge in [0.05, 0.1) is 17.0 Å². The Morgan fingerprint density at radius 2 is 1.69 bits per heavy atom. The molecule has 0 saturated heterocycles. The number of nitrogens with zero attached hydrogens (tertiary/aromatic N) is 3. The van der Waals surface area contributed by atoms with Crippen LogP contribution in [0.25, 0.3) is 22.2 Å². The van der Waals surface area contributed by atoms with E-state index in [2.05, 4.69) is 57.9 Å². The molecule has 132 valence electrons. The number of fused-ring (bicyclic) bond motifs is 1. The normalized spacial score (nSPS) is 11.2. The molecule has 0 spiro atoms. The van der Waals surface area contributed by atoms with Crippen molar-refractivity contribution in [3.63, 3.8) is 0 Å². The first kappa shape index (κ1) is 18.5. The lowest BCUT2D eigenvalue weighted by molar-refractivity contribution is -0.00000513. The van der Waals surface area contributed by atoms with E-state index < -0.39 is 0 Å². The molecule has 2 heterocycles. The SMILES string of the molecule is Cc1s[c+](N=Nc2c(-c3ccccc3)[nH]c3ccccc23)n(C)c1C.[Br-]. The summed E-state index contributed by atoms with van der Waals surface area (Å²) in [5.74, 6) is 0. The number of azo groups is 1. The van der Waals surface area contributed by atoms with Gasteiger partial charge in [-0.2, -0.15) is 0 Å². The third-order valence-corrected chi connectivity index (χ3v) is 5.66. The van der Waals surface area contributed by atoms with E-state index in [0.717, 1.165) is 33.0 Å². The first-order valence-electron chi connectivity index (χ1n) is 8.19. The molecule has 0 saturated carbocycles. The van der Waals surface area contributed by atoms with Crippen molar-refractivity contribution in [2.75, 3.05) is 0 Å². The lowest BCUT2D eigenvalue weighted by Gasteiger charge is -1.99. The highest BCUT2D eigenvalue weighted by atomic mass is 79.9. The maximum atomic E-state index is 4.64. The van der Waals surface area contributed by atoms with E-state index in [1.54, 1.807) is 11.3 Å². The highest BCUT2D eigenvalue weighted by molar-refractivity contribution is 7.15. The van der Waals surface area contributed by atoms with Gasteiger partial charge in [0, 0.05) is 37.4 Å². The Hall–Kier alpha value is -2.31. The lowest BCUT2D eigenvalue weighted by Crippen LogP contribution is -3.00. The minimum atomic E-state index is 0. The monoisotopic (exact) mass is 426 g/mol. The first-order chi connectivity index (χ1) is 12.1. The molecule has 4 rings (SSSR count). The van der Waals surface area contributed by atoms with Crippen LogP contribution < -0.4 is 17.0 Å². The summed E-state index contributed by atoms with van der Waals surface area (Å²) in [6, 6.07) is 18.5. The Morgan fingerprint density at radius 3 is 2.38 bits per heavy atom. The van der Waals surface area contributed by atoms with Gasteiger partial charge in [0.15, 0.2) is 10.6 Å². The van der Waals surface area contributed by atoms with Crippen molar-refractivity contribution in [1.82, 2.24) is 9.55 Å². The summed E-state index contributed by atoms with van der Waals surface area (Å²) in [5.41, 5.74) is 5.28. The van der Waals surface area contributed by atoms with Gasteiger partial charge in [-0.15, -0.1) is 5.11 Å². The molecule has 0 amide bonds. The smallest absolute Gasteiger partial charge is 0.317 e. The van der Waals surface area contributed by atoms with Gasteiger partial charge in [-0.3, -0.25) is 0 Å². The zero-order valence-corrected chi connectivity index (χ0v) is 17.2. The van der Waals surface area contributed by atoms with Crippen LogP contribution in [-0.4, -0.2) is 9.55 Å². The Balaban J connectivity index is 0.00000196. The molecule has 0 aliphatic carbocycles. The number of aryl methyl sites for hydroxylation is 1. The fraction of sp³-hybridized carbons (Fsp3) is 0.150. The van der Waals surface area contributed by atoms with Crippen LogP contribution in [0, 0.1) is 13.8 Å². The molecule has 2 aromatic carbocycles. The molecule has 6 heteroatoms. The van der Waals surface area contributed by atoms with Gasteiger partial charge < -0.3 is 22.0 Å². The Labute approximate surface area is 167 Å². The second-order valence-corrected chi connectivity index (χ2v) is 7.23. The second kappa shape index (κ2) is 7.51. The van der Waals surface area contributed by atoms with Crippen LogP contribution in [0.5, 0.6) is 0 Å². The van der Waals surface area contributed by atoms with Gasteiger partial charge in [-0.25, -0.2) is 4.57 Å². The van der Waals surface area contributed by atoms with Crippen molar-refractivity contribution in [1.29, 1.82) is 0 Å². The zero-order chi connectivity index (χ0) is 17.4. The standard InChI is InChI=1S/C20H19N4S.BrH/c1-13-14(2)25-20(24(13)3)23-22-19-16-11-7-8-12-17(16)21-18(19)15-9-5-4-6-10-15;/h4-12,21H,1-3H3;1H/q+1;/p-1. The minimum Gasteiger partial charge on any atom is -1.00 e. The Kier molecular flexibility index (Phi) is 5.34. The summed E-state index contributed by atoms with van der Waals surface area (Å²) in [6.45, 7) is 4.21. The summed E-state index contributed by atoms with van der Waals surface area (Å²) >= 11 is 1.66. The van der Waals surface area contributed by atoms with Crippen molar-refractivity contribution in [3.05, 3.63) is 65.2 Å². The fourth-order valence-electron chi connectivity index (χ4n) is 2.88. The summed E-state index contributed by atoms with van der Waals surface area (Å²) < 4.78 is 2.08. The predicted octanol–water partition coefficient (Wildman–Crippen LogP) is 3.55. The van der Waals surface area contributed by atoms with E-state index in [1.807, 2.05) is 37.4 Å². The van der Waals surface area contributed by atoms with Crippen molar-refractivity contribution in [3.8, 4) is 11.3 Å². The van der Waals surface area contributed by atoms with Crippen molar-refractivity contribution < 1.29 is 17.0 Å². The quantitative estimate of drug-likeness (QED) is 0.384. The van der Waals surface area contributed by atoms with Gasteiger partial charge in [0.2, 0.25) is 0 Å². The molecule has 0 atom stereocenters. The first-order valence-corrected chi connectivity index (χ1v) is 9.00. The van der Waals surface area contributed by atoms with Gasteiger partial charge in [-0.1, -0.05) is 48.5 Å². The number of halogens is 1. The molecule has 4 nitrogen and oxygen atoms in total. The van der Waals surface area contributed by atoms with E-state index in [9.17, 15) is 0 Å². The summed E-state index contributed by atoms with van der Waals surface area (Å²) in [7, 11) is 2.03. The average Bonchev–Trinajstić information content (AvgIpc) is 3.13. The van der Waals surface area contributed by atoms with Crippen LogP contribution >= 0.6 is 11.3 Å². The highest BCUT2D eigenvalue weighted by Crippen LogP contribution is 2.38. The number of H-pyrrole nitrogens is 1. The number of aromatic amines is 1. The molecule has 26 heavy (non-hydrogen) atoms. The predicted molar refractivity (Wildman–Crippen MR) is 105 cm³/mol. The van der Waals surface area contributed by atoms with Crippen molar-refractivity contribution in [2.45, 2.75) is 13.8 Å². The fourth-order valence-corrected chi connectivity index (χ4v) is 3.80. The number of hydrogen-bond donors (Lipinski definition) is 1. The number of nitrogens with one attached hydrogen (secondary N) is 1. The third kappa shape index (κ3) is 3.22. The number of para-hydroxylation sites is 1. The van der Waals surface area contributed by atoms with Crippen LogP contribution in [0.2, 0.25) is 0 Å². The van der Waals surface area contributed by atoms with Crippen molar-refractivity contribution >= 4 is 33.1 Å². The number of thiazole rings is 1. The molecule has 0 aliphatic heterocycles. The average molecular weight is 427 g/mol. The van der Waals surface area contributed by atoms with E-state index >= 15 is 0 Å². The van der Waals surface area contributed by atoms with Crippen LogP contribution in [-0.2, 0) is 7.05 Å². The van der Waals surface area contributed by atoms with E-state index in [0.29, 0.717) is 0 Å². The van der Waals surface area contributed by atoms with Crippen LogP contribution in [0.3, 0.4) is 0 Å². The Morgan fingerprint density at radius 1 is 1.00 bits per heavy atom. The molecule has 0 bridgehead atoms. The number of rotatable bonds is 3. The maximum Gasteiger partial charge on any atom is 0.317 e. The summed E-state index contributed by atoms with van der Waals surface area (Å²) in [6.07, 6.45) is 0. The molecular weight excluding hydrogens is 408 g/mol. The molecule has 0 unspecified atom stereocenters. The number of hydrogen-bond acceptors (Lipinski definition) is 3. The molecule has 2 aromatic heterocycles. The van der Waals surface area contributed by atoms with Gasteiger partial charge in [-0.05, 0) is 11.2 Å². The van der Waals surface area contributed by atoms with Crippen molar-refractivity contribution in [2.24, 2.45) is 17.3 Å². The summed E-state index contributed by atoms with van der Waals surface area (Å²) in [4.78, 5) is 4.75. The number of aromatic nitrogens is 2. The maximum absolute atomic E-state index is 4.64. The van der Waals surface area contributed by atoms with Crippen LogP contribution in [0.15, 0.2) is 64.8 Å². The molecule has 0 radical (unpaired) electrons. The third-order valence-electron chi connectivity index (χ3n) is 4.52. The van der Waals surface area contributed by atoms with E-state index in [-0.39, 0.29) is 17.0 Å². The van der Waals surface area contributed by atoms with E-state index in [1.165, 1.54) is 10.6 Å². The van der Waals surface area contributed by atoms with Crippen LogP contribution in [0.4, 0.5) is 10.8 Å². The van der Waals surface area contributed by atoms with Crippen LogP contribution in [0.1, 0.15) is 10.6 Å².